The summed E-state index contributed by atoms with van der Waals surface area (Å²) in [6.45, 7) is 5.21. The van der Waals surface area contributed by atoms with Gasteiger partial charge in [-0.1, -0.05) is 25.2 Å². The molecule has 1 rings (SSSR count). The van der Waals surface area contributed by atoms with Crippen LogP contribution < -0.4 is 16.4 Å². The number of nitrogens with two attached hydrogens (primary N) is 1. The number of aromatic nitrogens is 1. The first-order chi connectivity index (χ1) is 9.81. The number of amides is 2. The Labute approximate surface area is 128 Å². The number of nitrogens with zero attached hydrogens (tertiary/aromatic N) is 2. The minimum absolute atomic E-state index is 0.0353. The lowest BCUT2D eigenvalue weighted by atomic mass is 10.2. The fraction of sp³-hybridized carbons (Fsp3) is 0.615. The summed E-state index contributed by atoms with van der Waals surface area (Å²) in [6, 6.07) is 0. The number of rotatable bonds is 7. The van der Waals surface area contributed by atoms with E-state index in [2.05, 4.69) is 29.5 Å². The molecule has 0 radical (unpaired) electrons. The van der Waals surface area contributed by atoms with Gasteiger partial charge in [-0.05, 0) is 5.92 Å². The highest BCUT2D eigenvalue weighted by Gasteiger charge is 2.16. The second-order valence-electron chi connectivity index (χ2n) is 5.30. The minimum atomic E-state index is -0.297. The highest BCUT2D eigenvalue weighted by Crippen LogP contribution is 2.24. The summed E-state index contributed by atoms with van der Waals surface area (Å²) in [5.74, 6) is 0.355. The van der Waals surface area contributed by atoms with Gasteiger partial charge in [-0.2, -0.15) is 0 Å². The summed E-state index contributed by atoms with van der Waals surface area (Å²) >= 11 is 1.22. The third-order valence-corrected chi connectivity index (χ3v) is 3.67. The number of hydrogen-bond donors (Lipinski definition) is 3. The molecule has 1 aromatic heterocycles. The molecule has 0 aliphatic rings. The summed E-state index contributed by atoms with van der Waals surface area (Å²) in [4.78, 5) is 29.4. The second-order valence-corrected chi connectivity index (χ2v) is 6.30. The predicted molar refractivity (Wildman–Crippen MR) is 85.5 cm³/mol. The molecule has 0 unspecified atom stereocenters. The van der Waals surface area contributed by atoms with Crippen LogP contribution in [0.4, 0.5) is 10.9 Å². The molecule has 0 aliphatic carbocycles. The van der Waals surface area contributed by atoms with Gasteiger partial charge in [0, 0.05) is 33.6 Å². The van der Waals surface area contributed by atoms with Crippen LogP contribution in [0, 0.1) is 5.92 Å². The van der Waals surface area contributed by atoms with Crippen LogP contribution in [-0.4, -0.2) is 48.9 Å². The normalized spacial score (nSPS) is 10.5. The number of thiazole rings is 1. The molecule has 1 heterocycles. The summed E-state index contributed by atoms with van der Waals surface area (Å²) in [5, 5.41) is 6.45. The lowest BCUT2D eigenvalue weighted by Gasteiger charge is -2.10. The van der Waals surface area contributed by atoms with Crippen LogP contribution in [0.2, 0.25) is 0 Å². The van der Waals surface area contributed by atoms with E-state index in [1.807, 2.05) is 0 Å². The Morgan fingerprint density at radius 1 is 1.38 bits per heavy atom. The van der Waals surface area contributed by atoms with Crippen molar-refractivity contribution in [3.05, 3.63) is 4.88 Å². The SMILES string of the molecule is CC(C)CNc1nc(N)c(C(=O)NCCC(=O)N(C)C)s1. The van der Waals surface area contributed by atoms with Crippen molar-refractivity contribution in [2.75, 3.05) is 38.2 Å². The van der Waals surface area contributed by atoms with Crippen molar-refractivity contribution < 1.29 is 9.59 Å². The van der Waals surface area contributed by atoms with Gasteiger partial charge < -0.3 is 21.3 Å². The average Bonchev–Trinajstić information content (AvgIpc) is 2.77. The van der Waals surface area contributed by atoms with Crippen LogP contribution in [0.3, 0.4) is 0 Å². The summed E-state index contributed by atoms with van der Waals surface area (Å²) in [6.07, 6.45) is 0.260. The molecule has 0 aromatic carbocycles. The molecule has 2 amide bonds. The van der Waals surface area contributed by atoms with Crippen molar-refractivity contribution >= 4 is 34.1 Å². The molecule has 0 aliphatic heterocycles. The molecule has 7 nitrogen and oxygen atoms in total. The Morgan fingerprint density at radius 2 is 2.05 bits per heavy atom. The smallest absolute Gasteiger partial charge is 0.265 e. The lowest BCUT2D eigenvalue weighted by Crippen LogP contribution is -2.30. The topological polar surface area (TPSA) is 100 Å². The maximum absolute atomic E-state index is 12.0. The lowest BCUT2D eigenvalue weighted by molar-refractivity contribution is -0.128. The van der Waals surface area contributed by atoms with E-state index in [0.717, 1.165) is 6.54 Å². The molecular formula is C13H23N5O2S. The predicted octanol–water partition coefficient (Wildman–Crippen LogP) is 1.00. The average molecular weight is 313 g/mol. The van der Waals surface area contributed by atoms with Gasteiger partial charge in [-0.25, -0.2) is 4.98 Å². The van der Waals surface area contributed by atoms with E-state index >= 15 is 0 Å². The van der Waals surface area contributed by atoms with Gasteiger partial charge in [-0.3, -0.25) is 9.59 Å². The Morgan fingerprint density at radius 3 is 2.62 bits per heavy atom. The number of carbonyl (C=O) groups is 2. The number of nitrogen functional groups attached to an aromatic ring is 1. The molecule has 21 heavy (non-hydrogen) atoms. The van der Waals surface area contributed by atoms with E-state index < -0.39 is 0 Å². The second kappa shape index (κ2) is 7.82. The molecular weight excluding hydrogens is 290 g/mol. The zero-order chi connectivity index (χ0) is 16.0. The maximum Gasteiger partial charge on any atom is 0.265 e. The first-order valence-corrected chi connectivity index (χ1v) is 7.61. The summed E-state index contributed by atoms with van der Waals surface area (Å²) in [7, 11) is 3.36. The molecule has 0 saturated carbocycles. The Bertz CT molecular complexity index is 499. The number of carbonyl (C=O) groups excluding carboxylic acids is 2. The molecule has 0 saturated heterocycles. The molecule has 1 aromatic rings. The minimum Gasteiger partial charge on any atom is -0.382 e. The number of anilines is 2. The highest BCUT2D eigenvalue weighted by atomic mass is 32.1. The monoisotopic (exact) mass is 313 g/mol. The highest BCUT2D eigenvalue weighted by molar-refractivity contribution is 7.18. The van der Waals surface area contributed by atoms with Gasteiger partial charge in [-0.15, -0.1) is 0 Å². The summed E-state index contributed by atoms with van der Waals surface area (Å²) in [5.41, 5.74) is 5.75. The molecule has 0 atom stereocenters. The first kappa shape index (κ1) is 17.2. The fourth-order valence-electron chi connectivity index (χ4n) is 1.45. The van der Waals surface area contributed by atoms with Crippen molar-refractivity contribution in [2.45, 2.75) is 20.3 Å². The van der Waals surface area contributed by atoms with Crippen molar-refractivity contribution in [1.82, 2.24) is 15.2 Å². The van der Waals surface area contributed by atoms with E-state index in [1.165, 1.54) is 16.2 Å². The number of nitrogens with one attached hydrogen (secondary N) is 2. The van der Waals surface area contributed by atoms with E-state index in [1.54, 1.807) is 14.1 Å². The maximum atomic E-state index is 12.0. The van der Waals surface area contributed by atoms with Crippen molar-refractivity contribution in [3.63, 3.8) is 0 Å². The van der Waals surface area contributed by atoms with Crippen LogP contribution >= 0.6 is 11.3 Å². The van der Waals surface area contributed by atoms with Crippen molar-refractivity contribution in [2.24, 2.45) is 5.92 Å². The van der Waals surface area contributed by atoms with E-state index in [0.29, 0.717) is 15.9 Å². The Hall–Kier alpha value is -1.83. The largest absolute Gasteiger partial charge is 0.382 e. The van der Waals surface area contributed by atoms with Gasteiger partial charge in [0.25, 0.3) is 5.91 Å². The van der Waals surface area contributed by atoms with Gasteiger partial charge in [0.2, 0.25) is 5.91 Å². The van der Waals surface area contributed by atoms with Crippen LogP contribution in [0.15, 0.2) is 0 Å². The molecule has 0 spiro atoms. The van der Waals surface area contributed by atoms with E-state index in [-0.39, 0.29) is 30.6 Å². The van der Waals surface area contributed by atoms with Gasteiger partial charge in [0.1, 0.15) is 10.7 Å². The molecule has 118 valence electrons. The molecule has 0 fully saturated rings. The van der Waals surface area contributed by atoms with Crippen LogP contribution in [0.1, 0.15) is 29.9 Å². The first-order valence-electron chi connectivity index (χ1n) is 6.79. The van der Waals surface area contributed by atoms with Crippen LogP contribution in [0.25, 0.3) is 0 Å². The quantitative estimate of drug-likeness (QED) is 0.697. The van der Waals surface area contributed by atoms with Crippen LogP contribution in [-0.2, 0) is 4.79 Å². The zero-order valence-electron chi connectivity index (χ0n) is 12.9. The van der Waals surface area contributed by atoms with Gasteiger partial charge in [0.05, 0.1) is 0 Å². The zero-order valence-corrected chi connectivity index (χ0v) is 13.7. The standard InChI is InChI=1S/C13H23N5O2S/c1-8(2)7-16-13-17-11(14)10(21-13)12(20)15-6-5-9(19)18(3)4/h8H,5-7,14H2,1-4H3,(H,15,20)(H,16,17). The van der Waals surface area contributed by atoms with Gasteiger partial charge >= 0.3 is 0 Å². The van der Waals surface area contributed by atoms with E-state index in [4.69, 9.17) is 5.73 Å². The van der Waals surface area contributed by atoms with Crippen LogP contribution in [0.5, 0.6) is 0 Å². The summed E-state index contributed by atoms with van der Waals surface area (Å²) < 4.78 is 0. The number of hydrogen-bond acceptors (Lipinski definition) is 6. The molecule has 0 bridgehead atoms. The van der Waals surface area contributed by atoms with E-state index in [9.17, 15) is 9.59 Å². The fourth-order valence-corrected chi connectivity index (χ4v) is 2.26. The third kappa shape index (κ3) is 5.58. The molecule has 4 N–H and O–H groups in total. The van der Waals surface area contributed by atoms with Crippen molar-refractivity contribution in [1.29, 1.82) is 0 Å². The van der Waals surface area contributed by atoms with Crippen molar-refractivity contribution in [3.8, 4) is 0 Å². The van der Waals surface area contributed by atoms with Gasteiger partial charge in [0.15, 0.2) is 5.13 Å². The Balaban J connectivity index is 2.52. The third-order valence-electron chi connectivity index (χ3n) is 2.64. The molecule has 8 heteroatoms. The Kier molecular flexibility index (Phi) is 6.41.